The molecule has 2 aromatic rings. The van der Waals surface area contributed by atoms with Gasteiger partial charge in [0.05, 0.1) is 45.7 Å². The molecule has 0 spiro atoms. The number of benzene rings is 2. The minimum atomic E-state index is -2.08. The average Bonchev–Trinajstić information content (AvgIpc) is 3.89. The lowest BCUT2D eigenvalue weighted by Crippen LogP contribution is -2.62. The van der Waals surface area contributed by atoms with Gasteiger partial charge in [0.2, 0.25) is 11.8 Å². The number of phenols is 1. The maximum absolute atomic E-state index is 14.1. The van der Waals surface area contributed by atoms with Crippen molar-refractivity contribution < 1.29 is 48.9 Å². The molecule has 2 unspecified atom stereocenters. The van der Waals surface area contributed by atoms with Crippen LogP contribution in [-0.2, 0) is 36.8 Å². The van der Waals surface area contributed by atoms with Gasteiger partial charge in [-0.1, -0.05) is 99.2 Å². The Morgan fingerprint density at radius 1 is 0.811 bits per heavy atom. The fourth-order valence-corrected chi connectivity index (χ4v) is 15.7. The molecule has 2 aliphatic heterocycles. The first-order chi connectivity index (χ1) is 34.5. The van der Waals surface area contributed by atoms with Gasteiger partial charge in [-0.05, 0) is 161 Å². The molecule has 14 nitrogen and oxygen atoms in total. The van der Waals surface area contributed by atoms with Gasteiger partial charge in [0.1, 0.15) is 42.4 Å². The van der Waals surface area contributed by atoms with E-state index in [1.165, 1.54) is 12.8 Å². The third kappa shape index (κ3) is 12.0. The molecule has 2 amide bonds. The third-order valence-electron chi connectivity index (χ3n) is 19.5. The molecule has 17 heteroatoms. The van der Waals surface area contributed by atoms with Crippen molar-refractivity contribution in [1.82, 2.24) is 20.8 Å². The van der Waals surface area contributed by atoms with Crippen molar-refractivity contribution in [3.63, 3.8) is 0 Å². The second-order valence-electron chi connectivity index (χ2n) is 25.4. The van der Waals surface area contributed by atoms with E-state index < -0.39 is 56.7 Å². The van der Waals surface area contributed by atoms with Crippen molar-refractivity contribution in [2.45, 2.75) is 182 Å². The molecular formula is C57H88I2N4O10Si. The molecule has 0 aromatic heterocycles. The number of aromatic hydroxyl groups is 1. The minimum absolute atomic E-state index is 0.0284. The largest absolute Gasteiger partial charge is 0.507 e. The number of carbonyl (C=O) groups excluding carboxylic acids is 2. The van der Waals surface area contributed by atoms with E-state index >= 15 is 0 Å². The molecule has 2 aromatic carbocycles. The number of hydroxylamine groups is 4. The minimum Gasteiger partial charge on any atom is -0.507 e. The van der Waals surface area contributed by atoms with Crippen molar-refractivity contribution >= 4 is 65.3 Å². The normalized spacial score (nSPS) is 34.0. The van der Waals surface area contributed by atoms with E-state index in [-0.39, 0.29) is 47.8 Å². The topological polar surface area (TPSA) is 183 Å². The van der Waals surface area contributed by atoms with E-state index in [0.717, 1.165) is 31.3 Å². The van der Waals surface area contributed by atoms with Crippen molar-refractivity contribution in [1.29, 1.82) is 0 Å². The van der Waals surface area contributed by atoms with Crippen LogP contribution in [0.3, 0.4) is 0 Å². The molecule has 6 aliphatic carbocycles. The van der Waals surface area contributed by atoms with Gasteiger partial charge in [0.25, 0.3) is 0 Å². The van der Waals surface area contributed by atoms with E-state index in [2.05, 4.69) is 138 Å². The lowest BCUT2D eigenvalue weighted by Gasteiger charge is -2.62. The molecule has 2 heterocycles. The zero-order valence-electron chi connectivity index (χ0n) is 46.2. The highest BCUT2D eigenvalue weighted by molar-refractivity contribution is 14.1. The zero-order chi connectivity index (χ0) is 54.6. The van der Waals surface area contributed by atoms with Crippen molar-refractivity contribution in [2.24, 2.45) is 58.2 Å². The van der Waals surface area contributed by atoms with Crippen molar-refractivity contribution in [3.05, 3.63) is 67.3 Å². The van der Waals surface area contributed by atoms with E-state index in [4.69, 9.17) is 18.8 Å². The van der Waals surface area contributed by atoms with Gasteiger partial charge >= 0.3 is 0 Å². The number of aliphatic hydroxyl groups excluding tert-OH is 3. The van der Waals surface area contributed by atoms with E-state index in [0.29, 0.717) is 71.7 Å². The monoisotopic (exact) mass is 1270 g/mol. The molecule has 8 aliphatic rings. The van der Waals surface area contributed by atoms with Crippen LogP contribution in [0.1, 0.15) is 113 Å². The number of para-hydroxylation sites is 2. The van der Waals surface area contributed by atoms with Crippen LogP contribution in [0, 0.1) is 65.3 Å². The molecular weight excluding hydrogens is 1180 g/mol. The van der Waals surface area contributed by atoms with Crippen LogP contribution in [0.25, 0.3) is 0 Å². The van der Waals surface area contributed by atoms with Gasteiger partial charge in [0, 0.05) is 35.0 Å². The Labute approximate surface area is 470 Å². The lowest BCUT2D eigenvalue weighted by molar-refractivity contribution is -0.183. The van der Waals surface area contributed by atoms with Crippen LogP contribution in [-0.4, -0.2) is 119 Å². The summed E-state index contributed by atoms with van der Waals surface area (Å²) in [5, 5.41) is 52.4. The van der Waals surface area contributed by atoms with Crippen LogP contribution in [0.4, 0.5) is 0 Å². The zero-order valence-corrected chi connectivity index (χ0v) is 51.6. The maximum atomic E-state index is 14.1. The fraction of sp³-hybridized carbons (Fsp3) is 0.719. The highest BCUT2D eigenvalue weighted by atomic mass is 127. The van der Waals surface area contributed by atoms with E-state index in [1.807, 2.05) is 36.4 Å². The molecule has 414 valence electrons. The second-order valence-corrected chi connectivity index (χ2v) is 32.6. The smallest absolute Gasteiger partial charge is 0.240 e. The first-order valence-corrected chi connectivity index (χ1v) is 32.2. The van der Waals surface area contributed by atoms with Gasteiger partial charge in [-0.15, -0.1) is 0 Å². The molecule has 2 saturated heterocycles. The number of fused-ring (bicyclic) bond motifs is 4. The highest BCUT2D eigenvalue weighted by Crippen LogP contribution is 2.62. The molecule has 4 bridgehead atoms. The number of amides is 2. The highest BCUT2D eigenvalue weighted by Gasteiger charge is 2.59. The first-order valence-electron chi connectivity index (χ1n) is 27.1. The summed E-state index contributed by atoms with van der Waals surface area (Å²) in [5.41, 5.74) is 2.22. The van der Waals surface area contributed by atoms with E-state index in [9.17, 15) is 30.0 Å². The lowest BCUT2D eigenvalue weighted by atomic mass is 9.45. The van der Waals surface area contributed by atoms with Gasteiger partial charge in [-0.2, -0.15) is 10.1 Å². The van der Waals surface area contributed by atoms with Gasteiger partial charge in [-0.3, -0.25) is 19.3 Å². The molecule has 74 heavy (non-hydrogen) atoms. The molecule has 8 fully saturated rings. The second kappa shape index (κ2) is 23.4. The summed E-state index contributed by atoms with van der Waals surface area (Å²) in [6, 6.07) is 10.2. The number of carbonyl (C=O) groups is 2. The summed E-state index contributed by atoms with van der Waals surface area (Å²) in [6.07, 6.45) is 3.39. The summed E-state index contributed by atoms with van der Waals surface area (Å²) >= 11 is 4.33. The fourth-order valence-electron chi connectivity index (χ4n) is 13.5. The quantitative estimate of drug-likeness (QED) is 0.0503. The first kappa shape index (κ1) is 59.7. The van der Waals surface area contributed by atoms with Crippen LogP contribution in [0.2, 0.25) is 18.1 Å². The Morgan fingerprint density at radius 2 is 1.27 bits per heavy atom. The Balaban J connectivity index is 0.000000217. The van der Waals surface area contributed by atoms with Crippen LogP contribution < -0.4 is 15.4 Å². The number of nitrogens with zero attached hydrogens (tertiary/aromatic N) is 2. The average molecular weight is 1270 g/mol. The Kier molecular flexibility index (Phi) is 18.9. The molecule has 0 radical (unpaired) electrons. The predicted octanol–water partition coefficient (Wildman–Crippen LogP) is 9.20. The number of aliphatic hydroxyl groups is 3. The summed E-state index contributed by atoms with van der Waals surface area (Å²) < 4.78 is 14.1. The molecule has 6 N–H and O–H groups in total. The summed E-state index contributed by atoms with van der Waals surface area (Å²) in [7, 11) is -2.08. The Hall–Kier alpha value is -1.92. The number of phenolic OH excluding ortho intramolecular Hbond substituents is 1. The number of hydrogen-bond donors (Lipinski definition) is 6. The number of rotatable bonds is 17. The Bertz CT molecular complexity index is 2310. The SMILES string of the molecule is C=CCOc1c(I)cccc1CN1O[C@@H](CO)[C@@H]([C@H](C)O)[C@H]1C(=O)NC1C[C@H]2C[C@@H]([C@@H]1C)C2(C)C.C[C@H](O)[C@@H]1[C@H](CO[Si](C)(C)C(C)(C)C)ON(Cc2cccc(I)c2O)[C@@H]1C(=O)NC1C[C@H]2C[C@@H]([C@@H]1C)C2(C)C. The van der Waals surface area contributed by atoms with Crippen molar-refractivity contribution in [3.8, 4) is 11.5 Å². The van der Waals surface area contributed by atoms with Gasteiger partial charge in [-0.25, -0.2) is 0 Å². The number of ether oxygens (including phenoxy) is 1. The number of nitrogens with one attached hydrogen (secondary N) is 2. The summed E-state index contributed by atoms with van der Waals surface area (Å²) in [6.45, 7) is 32.9. The molecule has 16 atom stereocenters. The number of hydrogen-bond acceptors (Lipinski definition) is 12. The summed E-state index contributed by atoms with van der Waals surface area (Å²) in [5.74, 6) is 2.89. The van der Waals surface area contributed by atoms with Crippen molar-refractivity contribution in [2.75, 3.05) is 19.8 Å². The van der Waals surface area contributed by atoms with E-state index in [1.54, 1.807) is 30.0 Å². The standard InChI is InChI=1S/C30H49IN2O5Si.C27H39IN2O5/c1-17-21-13-20(30(21,6)7)14-23(17)32-28(36)26-25(18(2)34)24(16-37-39(8,9)29(3,4)5)38-33(26)15-19-11-10-12-22(31)27(19)35;1-6-10-34-25-17(8-7-9-20(25)28)13-30-24(23(16(3)32)22(14-31)35-30)26(33)29-21-12-18-11-19(15(21)2)27(18,4)5/h10-12,17-18,20-21,23-26,34-35H,13-16H2,1-9H3,(H,32,36);6-9,15-16,18-19,21-24,31-32H,1,10-14H2,2-5H3,(H,29,33)/t17-,18-,20+,21-,23?,24-,25+,26-;15-,16-,18+,19-,21?,22-,23+,24-/m00/s1. The molecule has 10 rings (SSSR count). The molecule has 6 saturated carbocycles. The van der Waals surface area contributed by atoms with Crippen LogP contribution >= 0.6 is 45.2 Å². The van der Waals surface area contributed by atoms with Crippen LogP contribution in [0.15, 0.2) is 49.1 Å². The van der Waals surface area contributed by atoms with Gasteiger partial charge in [0.15, 0.2) is 8.32 Å². The third-order valence-corrected chi connectivity index (χ3v) is 25.7. The van der Waals surface area contributed by atoms with Gasteiger partial charge < -0.3 is 40.2 Å². The van der Waals surface area contributed by atoms with Crippen LogP contribution in [0.5, 0.6) is 11.5 Å². The Morgan fingerprint density at radius 3 is 1.72 bits per heavy atom. The number of halogens is 2. The summed E-state index contributed by atoms with van der Waals surface area (Å²) in [4.78, 5) is 40.4. The maximum Gasteiger partial charge on any atom is 0.240 e. The predicted molar refractivity (Wildman–Crippen MR) is 307 cm³/mol.